The second-order valence-corrected chi connectivity index (χ2v) is 9.10. The fraction of sp³-hybridized carbons (Fsp3) is 0.227. The summed E-state index contributed by atoms with van der Waals surface area (Å²) in [6.07, 6.45) is 0.852. The molecule has 0 saturated carbocycles. The maximum absolute atomic E-state index is 13.4. The third-order valence-corrected chi connectivity index (χ3v) is 7.37. The first-order valence-corrected chi connectivity index (χ1v) is 11.2. The zero-order chi connectivity index (χ0) is 20.0. The van der Waals surface area contributed by atoms with Crippen molar-refractivity contribution in [2.24, 2.45) is 0 Å². The van der Waals surface area contributed by atoms with Crippen LogP contribution in [0.1, 0.15) is 27.2 Å². The number of amides is 1. The number of carbonyl (C=O) groups excluding carboxylic acids is 1. The maximum Gasteiger partial charge on any atom is 0.261 e. The third kappa shape index (κ3) is 3.10. The second-order valence-electron chi connectivity index (χ2n) is 7.12. The van der Waals surface area contributed by atoms with E-state index in [1.807, 2.05) is 34.5 Å². The largest absolute Gasteiger partial charge is 0.329 e. The van der Waals surface area contributed by atoms with Crippen LogP contribution in [-0.4, -0.2) is 26.9 Å². The molecule has 3 aromatic heterocycles. The van der Waals surface area contributed by atoms with Gasteiger partial charge in [-0.05, 0) is 53.9 Å². The summed E-state index contributed by atoms with van der Waals surface area (Å²) in [5, 5.41) is 4.68. The average molecular weight is 422 g/mol. The number of hydrogen-bond donors (Lipinski definition) is 0. The Kier molecular flexibility index (Phi) is 4.56. The van der Waals surface area contributed by atoms with Gasteiger partial charge in [0.25, 0.3) is 5.56 Å². The smallest absolute Gasteiger partial charge is 0.261 e. The maximum atomic E-state index is 13.4. The van der Waals surface area contributed by atoms with E-state index in [9.17, 15) is 9.59 Å². The molecular formula is C22H19N3O2S2. The number of benzene rings is 1. The van der Waals surface area contributed by atoms with Crippen LogP contribution >= 0.6 is 22.7 Å². The highest BCUT2D eigenvalue weighted by Crippen LogP contribution is 2.39. The molecule has 5 rings (SSSR count). The van der Waals surface area contributed by atoms with Crippen molar-refractivity contribution in [3.8, 4) is 0 Å². The van der Waals surface area contributed by atoms with Gasteiger partial charge in [-0.3, -0.25) is 14.2 Å². The summed E-state index contributed by atoms with van der Waals surface area (Å²) in [4.78, 5) is 35.3. The monoisotopic (exact) mass is 421 g/mol. The summed E-state index contributed by atoms with van der Waals surface area (Å²) in [6.45, 7) is 2.44. The van der Waals surface area contributed by atoms with Crippen molar-refractivity contribution < 1.29 is 4.79 Å². The van der Waals surface area contributed by atoms with E-state index in [1.165, 1.54) is 15.0 Å². The number of hydrogen-bond acceptors (Lipinski definition) is 5. The van der Waals surface area contributed by atoms with Crippen LogP contribution < -0.4 is 5.56 Å². The molecule has 0 fully saturated rings. The number of rotatable bonds is 3. The summed E-state index contributed by atoms with van der Waals surface area (Å²) in [7, 11) is 0. The van der Waals surface area contributed by atoms with Gasteiger partial charge in [0.1, 0.15) is 12.4 Å². The Labute approximate surface area is 175 Å². The minimum absolute atomic E-state index is 0.00382. The minimum atomic E-state index is -0.164. The molecule has 0 radical (unpaired) electrons. The predicted octanol–water partition coefficient (Wildman–Crippen LogP) is 4.00. The van der Waals surface area contributed by atoms with E-state index in [-0.39, 0.29) is 24.1 Å². The predicted molar refractivity (Wildman–Crippen MR) is 117 cm³/mol. The van der Waals surface area contributed by atoms with Gasteiger partial charge in [-0.15, -0.1) is 22.7 Å². The van der Waals surface area contributed by atoms with Crippen molar-refractivity contribution in [1.29, 1.82) is 0 Å². The molecule has 1 aliphatic rings. The molecule has 0 saturated heterocycles. The van der Waals surface area contributed by atoms with Crippen LogP contribution in [0.2, 0.25) is 0 Å². The number of carbonyl (C=O) groups is 1. The molecule has 4 heterocycles. The highest BCUT2D eigenvalue weighted by atomic mass is 32.1. The van der Waals surface area contributed by atoms with Gasteiger partial charge in [0.05, 0.1) is 16.9 Å². The van der Waals surface area contributed by atoms with Crippen molar-refractivity contribution in [3.05, 3.63) is 84.7 Å². The first-order valence-electron chi connectivity index (χ1n) is 9.49. The molecule has 29 heavy (non-hydrogen) atoms. The van der Waals surface area contributed by atoms with Crippen LogP contribution in [-0.2, 0) is 17.8 Å². The lowest BCUT2D eigenvalue weighted by Crippen LogP contribution is -2.43. The fourth-order valence-electron chi connectivity index (χ4n) is 4.03. The molecule has 0 spiro atoms. The summed E-state index contributed by atoms with van der Waals surface area (Å²) >= 11 is 3.41. The SMILES string of the molecule is Cc1nc2ccccc2c(=O)n1CC(=O)N1CCc2sccc2C1c1cccs1. The second kappa shape index (κ2) is 7.24. The summed E-state index contributed by atoms with van der Waals surface area (Å²) in [5.41, 5.74) is 1.70. The number of aromatic nitrogens is 2. The highest BCUT2D eigenvalue weighted by molar-refractivity contribution is 7.10. The van der Waals surface area contributed by atoms with E-state index in [0.717, 1.165) is 11.3 Å². The Balaban J connectivity index is 1.53. The number of para-hydroxylation sites is 1. The lowest BCUT2D eigenvalue weighted by molar-refractivity contribution is -0.134. The molecule has 1 amide bonds. The first-order chi connectivity index (χ1) is 14.1. The molecule has 1 atom stereocenters. The van der Waals surface area contributed by atoms with E-state index >= 15 is 0 Å². The molecule has 5 nitrogen and oxygen atoms in total. The Morgan fingerprint density at radius 1 is 1.14 bits per heavy atom. The fourth-order valence-corrected chi connectivity index (χ4v) is 5.79. The zero-order valence-corrected chi connectivity index (χ0v) is 17.5. The third-order valence-electron chi connectivity index (χ3n) is 5.44. The summed E-state index contributed by atoms with van der Waals surface area (Å²) < 4.78 is 1.50. The van der Waals surface area contributed by atoms with Gasteiger partial charge < -0.3 is 4.90 Å². The van der Waals surface area contributed by atoms with Gasteiger partial charge >= 0.3 is 0 Å². The summed E-state index contributed by atoms with van der Waals surface area (Å²) in [5.74, 6) is 0.505. The van der Waals surface area contributed by atoms with Crippen molar-refractivity contribution >= 4 is 39.5 Å². The lowest BCUT2D eigenvalue weighted by Gasteiger charge is -2.35. The van der Waals surface area contributed by atoms with Crippen molar-refractivity contribution in [3.63, 3.8) is 0 Å². The zero-order valence-electron chi connectivity index (χ0n) is 15.9. The first kappa shape index (κ1) is 18.3. The average Bonchev–Trinajstić information content (AvgIpc) is 3.42. The lowest BCUT2D eigenvalue weighted by atomic mass is 9.98. The van der Waals surface area contributed by atoms with Crippen LogP contribution in [0.4, 0.5) is 0 Å². The normalized spacial score (nSPS) is 16.2. The van der Waals surface area contributed by atoms with Crippen LogP contribution in [0.3, 0.4) is 0 Å². The van der Waals surface area contributed by atoms with E-state index in [1.54, 1.807) is 35.7 Å². The van der Waals surface area contributed by atoms with Gasteiger partial charge in [0, 0.05) is 16.3 Å². The molecule has 4 aromatic rings. The Morgan fingerprint density at radius 3 is 2.83 bits per heavy atom. The number of thiophene rings is 2. The Morgan fingerprint density at radius 2 is 2.00 bits per heavy atom. The molecule has 7 heteroatoms. The number of nitrogens with zero attached hydrogens (tertiary/aromatic N) is 3. The highest BCUT2D eigenvalue weighted by Gasteiger charge is 2.33. The van der Waals surface area contributed by atoms with Gasteiger partial charge in [-0.25, -0.2) is 4.98 Å². The minimum Gasteiger partial charge on any atom is -0.329 e. The molecule has 0 bridgehead atoms. The van der Waals surface area contributed by atoms with Gasteiger partial charge in [0.2, 0.25) is 5.91 Å². The molecule has 0 aliphatic carbocycles. The molecule has 1 unspecified atom stereocenters. The number of fused-ring (bicyclic) bond motifs is 2. The standard InChI is InChI=1S/C22H19N3O2S2/c1-14-23-17-6-3-2-5-15(17)22(27)25(14)13-20(26)24-10-8-18-16(9-12-29-18)21(24)19-7-4-11-28-19/h2-7,9,11-12,21H,8,10,13H2,1H3. The molecule has 0 N–H and O–H groups in total. The van der Waals surface area contributed by atoms with Crippen LogP contribution in [0.5, 0.6) is 0 Å². The van der Waals surface area contributed by atoms with Gasteiger partial charge in [0.15, 0.2) is 0 Å². The van der Waals surface area contributed by atoms with E-state index in [0.29, 0.717) is 23.3 Å². The molecule has 1 aromatic carbocycles. The van der Waals surface area contributed by atoms with E-state index in [2.05, 4.69) is 22.5 Å². The number of aryl methyl sites for hydroxylation is 1. The molecule has 146 valence electrons. The molecular weight excluding hydrogens is 402 g/mol. The van der Waals surface area contributed by atoms with Gasteiger partial charge in [-0.2, -0.15) is 0 Å². The Hall–Kier alpha value is -2.77. The molecule has 1 aliphatic heterocycles. The van der Waals surface area contributed by atoms with Crippen LogP contribution in [0.15, 0.2) is 58.0 Å². The van der Waals surface area contributed by atoms with Crippen molar-refractivity contribution in [2.75, 3.05) is 6.54 Å². The van der Waals surface area contributed by atoms with Crippen LogP contribution in [0.25, 0.3) is 10.9 Å². The van der Waals surface area contributed by atoms with Gasteiger partial charge in [-0.1, -0.05) is 18.2 Å². The Bertz CT molecular complexity index is 1260. The topological polar surface area (TPSA) is 55.2 Å². The van der Waals surface area contributed by atoms with E-state index in [4.69, 9.17) is 0 Å². The van der Waals surface area contributed by atoms with Crippen molar-refractivity contribution in [2.45, 2.75) is 25.9 Å². The quantitative estimate of drug-likeness (QED) is 0.502. The van der Waals surface area contributed by atoms with Crippen molar-refractivity contribution in [1.82, 2.24) is 14.5 Å². The summed E-state index contributed by atoms with van der Waals surface area (Å²) in [6, 6.07) is 13.4. The van der Waals surface area contributed by atoms with Crippen LogP contribution in [0, 0.1) is 6.92 Å². The van der Waals surface area contributed by atoms with E-state index < -0.39 is 0 Å².